The second kappa shape index (κ2) is 12.9. The molecule has 4 rings (SSSR count). The Morgan fingerprint density at radius 1 is 1.23 bits per heavy atom. The molecule has 1 heterocycles. The largest absolute Gasteiger partial charge is 0.416 e. The van der Waals surface area contributed by atoms with Crippen molar-refractivity contribution in [3.8, 4) is 0 Å². The van der Waals surface area contributed by atoms with Crippen molar-refractivity contribution in [1.82, 2.24) is 14.9 Å². The molecule has 0 radical (unpaired) electrons. The highest BCUT2D eigenvalue weighted by Crippen LogP contribution is 2.50. The number of carbonyl (C=O) groups excluding carboxylic acids is 1. The molecule has 0 saturated heterocycles. The normalized spacial score (nSPS) is 20.9. The van der Waals surface area contributed by atoms with E-state index in [4.69, 9.17) is 24.9 Å². The van der Waals surface area contributed by atoms with Gasteiger partial charge in [-0.1, -0.05) is 25.7 Å². The smallest absolute Gasteiger partial charge is 0.376 e. The zero-order valence-corrected chi connectivity index (χ0v) is 27.3. The average molecular weight is 649 g/mol. The summed E-state index contributed by atoms with van der Waals surface area (Å²) in [6, 6.07) is 4.61. The molecule has 3 N–H and O–H groups in total. The molecule has 2 aliphatic carbocycles. The van der Waals surface area contributed by atoms with E-state index in [1.165, 1.54) is 6.92 Å². The summed E-state index contributed by atoms with van der Waals surface area (Å²) in [6.07, 6.45) is -4.28. The predicted octanol–water partition coefficient (Wildman–Crippen LogP) is 6.48. The Morgan fingerprint density at radius 2 is 1.89 bits per heavy atom. The molecule has 14 heteroatoms. The minimum Gasteiger partial charge on any atom is -0.376 e. The van der Waals surface area contributed by atoms with Crippen LogP contribution in [0.15, 0.2) is 18.2 Å². The molecular formula is C30H45F5N4O4Si. The molecule has 0 bridgehead atoms. The fourth-order valence-corrected chi connectivity index (χ4v) is 5.53. The van der Waals surface area contributed by atoms with Crippen LogP contribution >= 0.6 is 0 Å². The fraction of sp³-hybridized carbons (Fsp3) is 0.733. The summed E-state index contributed by atoms with van der Waals surface area (Å²) in [5.41, 5.74) is 5.84. The van der Waals surface area contributed by atoms with Crippen molar-refractivity contribution < 1.29 is 41.0 Å². The number of halogens is 5. The van der Waals surface area contributed by atoms with Gasteiger partial charge in [-0.15, -0.1) is 0 Å². The molecule has 248 valence electrons. The Kier molecular flexibility index (Phi) is 10.2. The fourth-order valence-electron chi connectivity index (χ4n) is 4.78. The Hall–Kier alpha value is -2.13. The Bertz CT molecular complexity index is 1310. The molecule has 2 saturated carbocycles. The standard InChI is InChI=1S/C30H45F5N4O4Si/c1-18(43-28(2,3)30(33,34)35)26(36)27-38-22-13-19(7-10-24(22)39(27)17-41-11-12-44(4,5)6)23(16-42-21-8-9-21)37-25(40)14-20-15-29(20,31)32/h7,10,13,18,20-21,23,26H,8-9,11-12,14-17,36H2,1-6H3,(H,37,40)/t18-,20+,23-,26+/m1/s1. The molecule has 8 nitrogen and oxygen atoms in total. The van der Waals surface area contributed by atoms with Crippen molar-refractivity contribution in [3.63, 3.8) is 0 Å². The van der Waals surface area contributed by atoms with Gasteiger partial charge in [0.25, 0.3) is 5.92 Å². The first-order chi connectivity index (χ1) is 20.3. The number of ether oxygens (including phenoxy) is 3. The van der Waals surface area contributed by atoms with Crippen LogP contribution in [0.5, 0.6) is 0 Å². The van der Waals surface area contributed by atoms with Gasteiger partial charge in [0.05, 0.1) is 41.9 Å². The number of aromatic nitrogens is 2. The van der Waals surface area contributed by atoms with Gasteiger partial charge >= 0.3 is 6.18 Å². The maximum absolute atomic E-state index is 13.6. The number of rotatable bonds is 16. The number of fused-ring (bicyclic) bond motifs is 1. The molecule has 1 aromatic carbocycles. The summed E-state index contributed by atoms with van der Waals surface area (Å²) < 4.78 is 86.6. The van der Waals surface area contributed by atoms with E-state index < -0.39 is 55.8 Å². The summed E-state index contributed by atoms with van der Waals surface area (Å²) in [7, 11) is -1.38. The van der Waals surface area contributed by atoms with E-state index in [9.17, 15) is 26.7 Å². The second-order valence-corrected chi connectivity index (χ2v) is 19.5. The van der Waals surface area contributed by atoms with Crippen LogP contribution in [0.4, 0.5) is 22.0 Å². The zero-order chi connectivity index (χ0) is 32.7. The molecule has 1 amide bonds. The Morgan fingerprint density at radius 3 is 2.45 bits per heavy atom. The number of nitrogens with zero attached hydrogens (tertiary/aromatic N) is 2. The summed E-state index contributed by atoms with van der Waals surface area (Å²) >= 11 is 0. The van der Waals surface area contributed by atoms with Crippen LogP contribution in [-0.2, 0) is 25.7 Å². The van der Waals surface area contributed by atoms with Gasteiger partial charge in [-0.25, -0.2) is 13.8 Å². The van der Waals surface area contributed by atoms with Crippen LogP contribution in [0.1, 0.15) is 69.9 Å². The number of hydrogen-bond acceptors (Lipinski definition) is 6. The average Bonchev–Trinajstić information content (AvgIpc) is 3.79. The van der Waals surface area contributed by atoms with Crippen molar-refractivity contribution in [2.75, 3.05) is 13.2 Å². The maximum atomic E-state index is 13.6. The molecule has 44 heavy (non-hydrogen) atoms. The number of imidazole rings is 1. The van der Waals surface area contributed by atoms with E-state index >= 15 is 0 Å². The van der Waals surface area contributed by atoms with Crippen molar-refractivity contribution in [3.05, 3.63) is 29.6 Å². The van der Waals surface area contributed by atoms with Crippen molar-refractivity contribution in [2.45, 2.75) is 121 Å². The zero-order valence-electron chi connectivity index (χ0n) is 26.3. The molecule has 2 fully saturated rings. The van der Waals surface area contributed by atoms with Crippen molar-refractivity contribution in [2.24, 2.45) is 11.7 Å². The minimum absolute atomic E-state index is 0.0826. The number of amides is 1. The number of nitrogens with one attached hydrogen (secondary N) is 1. The Labute approximate surface area is 256 Å². The first-order valence-electron chi connectivity index (χ1n) is 15.1. The topological polar surface area (TPSA) is 101 Å². The third kappa shape index (κ3) is 8.99. The van der Waals surface area contributed by atoms with E-state index in [1.54, 1.807) is 22.8 Å². The Balaban J connectivity index is 1.61. The molecule has 0 spiro atoms. The first kappa shape index (κ1) is 34.7. The van der Waals surface area contributed by atoms with Gasteiger partial charge in [0.1, 0.15) is 12.6 Å². The quantitative estimate of drug-likeness (QED) is 0.123. The molecule has 1 aromatic heterocycles. The van der Waals surface area contributed by atoms with Crippen LogP contribution in [0.3, 0.4) is 0 Å². The lowest BCUT2D eigenvalue weighted by Gasteiger charge is -2.33. The van der Waals surface area contributed by atoms with Gasteiger partial charge in [-0.3, -0.25) is 4.79 Å². The molecule has 0 aliphatic heterocycles. The molecular weight excluding hydrogens is 603 g/mol. The summed E-state index contributed by atoms with van der Waals surface area (Å²) in [6.45, 7) is 10.8. The summed E-state index contributed by atoms with van der Waals surface area (Å²) in [5.74, 6) is -3.95. The van der Waals surface area contributed by atoms with Crippen LogP contribution in [0.25, 0.3) is 11.0 Å². The van der Waals surface area contributed by atoms with E-state index in [0.717, 1.165) is 32.7 Å². The summed E-state index contributed by atoms with van der Waals surface area (Å²) in [5, 5.41) is 2.84. The van der Waals surface area contributed by atoms with E-state index in [1.807, 2.05) is 0 Å². The van der Waals surface area contributed by atoms with Crippen molar-refractivity contribution >= 4 is 25.0 Å². The first-order valence-corrected chi connectivity index (χ1v) is 18.8. The van der Waals surface area contributed by atoms with Crippen LogP contribution in [-0.4, -0.2) is 66.7 Å². The van der Waals surface area contributed by atoms with Gasteiger partial charge in [-0.2, -0.15) is 13.2 Å². The van der Waals surface area contributed by atoms with Gasteiger partial charge in [0.2, 0.25) is 5.91 Å². The highest BCUT2D eigenvalue weighted by Gasteiger charge is 2.57. The number of carbonyl (C=O) groups is 1. The third-order valence-corrected chi connectivity index (χ3v) is 9.84. The second-order valence-electron chi connectivity index (χ2n) is 13.9. The number of alkyl halides is 5. The third-order valence-electron chi connectivity index (χ3n) is 8.13. The monoisotopic (exact) mass is 648 g/mol. The lowest BCUT2D eigenvalue weighted by atomic mass is 10.1. The molecule has 2 aliphatic rings. The van der Waals surface area contributed by atoms with E-state index in [2.05, 4.69) is 25.0 Å². The van der Waals surface area contributed by atoms with E-state index in [-0.39, 0.29) is 32.3 Å². The predicted molar refractivity (Wildman–Crippen MR) is 159 cm³/mol. The van der Waals surface area contributed by atoms with Crippen LogP contribution < -0.4 is 11.1 Å². The number of hydrogen-bond donors (Lipinski definition) is 2. The number of benzene rings is 1. The highest BCUT2D eigenvalue weighted by atomic mass is 28.3. The minimum atomic E-state index is -4.60. The molecule has 0 unspecified atom stereocenters. The molecule has 4 atom stereocenters. The van der Waals surface area contributed by atoms with Crippen LogP contribution in [0, 0.1) is 5.92 Å². The van der Waals surface area contributed by atoms with Gasteiger partial charge in [0, 0.05) is 33.4 Å². The van der Waals surface area contributed by atoms with Crippen LogP contribution in [0.2, 0.25) is 25.7 Å². The lowest BCUT2D eigenvalue weighted by molar-refractivity contribution is -0.277. The maximum Gasteiger partial charge on any atom is 0.416 e. The van der Waals surface area contributed by atoms with Gasteiger partial charge < -0.3 is 29.8 Å². The summed E-state index contributed by atoms with van der Waals surface area (Å²) in [4.78, 5) is 17.4. The highest BCUT2D eigenvalue weighted by molar-refractivity contribution is 6.76. The molecule has 2 aromatic rings. The van der Waals surface area contributed by atoms with E-state index in [0.29, 0.717) is 29.0 Å². The number of nitrogens with two attached hydrogens (primary N) is 1. The SMILES string of the molecule is C[C@@H](OC(C)(C)C(F)(F)F)[C@H](N)c1nc2cc([C@@H](COC3CC3)NC(=O)C[C@H]3CC3(F)F)ccc2n1COCC[Si](C)(C)C. The van der Waals surface area contributed by atoms with Crippen molar-refractivity contribution in [1.29, 1.82) is 0 Å². The lowest BCUT2D eigenvalue weighted by Crippen LogP contribution is -2.46. The van der Waals surface area contributed by atoms with Gasteiger partial charge in [-0.05, 0) is 57.4 Å². The van der Waals surface area contributed by atoms with Gasteiger partial charge in [0.15, 0.2) is 5.60 Å².